The number of carbonyl (C=O) groups is 1. The van der Waals surface area contributed by atoms with Crippen molar-refractivity contribution in [1.29, 1.82) is 0 Å². The number of rotatable bonds is 5. The highest BCUT2D eigenvalue weighted by molar-refractivity contribution is 5.76. The summed E-state index contributed by atoms with van der Waals surface area (Å²) < 4.78 is 0. The van der Waals surface area contributed by atoms with Gasteiger partial charge in [-0.1, -0.05) is 0 Å². The van der Waals surface area contributed by atoms with Crippen LogP contribution in [-0.2, 0) is 4.79 Å². The first-order chi connectivity index (χ1) is 11.2. The number of hydrogen-bond donors (Lipinski definition) is 1. The van der Waals surface area contributed by atoms with E-state index in [9.17, 15) is 4.79 Å². The number of likely N-dealkylation sites (N-methyl/N-ethyl adjacent to an activating group) is 1. The molecule has 0 radical (unpaired) electrons. The zero-order valence-electron chi connectivity index (χ0n) is 13.7. The van der Waals surface area contributed by atoms with Crippen molar-refractivity contribution < 1.29 is 4.79 Å². The van der Waals surface area contributed by atoms with Gasteiger partial charge in [-0.05, 0) is 44.9 Å². The van der Waals surface area contributed by atoms with Crippen molar-refractivity contribution in [2.24, 2.45) is 0 Å². The smallest absolute Gasteiger partial charge is 0.220 e. The lowest BCUT2D eigenvalue weighted by molar-refractivity contribution is -0.123. The molecule has 1 saturated carbocycles. The molecule has 1 aliphatic carbocycles. The molecule has 1 N–H and O–H groups in total. The predicted molar refractivity (Wildman–Crippen MR) is 88.4 cm³/mol. The SMILES string of the molecule is CN(CC1CCCC(=O)N1)C1CN(c2ccc(C3CC3)nn2)C1. The van der Waals surface area contributed by atoms with E-state index in [1.54, 1.807) is 0 Å². The van der Waals surface area contributed by atoms with Crippen molar-refractivity contribution in [3.8, 4) is 0 Å². The van der Waals surface area contributed by atoms with Gasteiger partial charge in [-0.2, -0.15) is 5.10 Å². The molecular weight excluding hydrogens is 290 g/mol. The molecule has 3 heterocycles. The maximum Gasteiger partial charge on any atom is 0.220 e. The summed E-state index contributed by atoms with van der Waals surface area (Å²) in [5, 5.41) is 11.8. The van der Waals surface area contributed by atoms with E-state index in [4.69, 9.17) is 0 Å². The molecule has 124 valence electrons. The molecule has 1 aromatic heterocycles. The van der Waals surface area contributed by atoms with E-state index in [1.165, 1.54) is 12.8 Å². The molecular formula is C17H25N5O. The number of amides is 1. The number of nitrogens with one attached hydrogen (secondary N) is 1. The molecule has 1 unspecified atom stereocenters. The molecule has 0 aromatic carbocycles. The van der Waals surface area contributed by atoms with E-state index < -0.39 is 0 Å². The number of hydrogen-bond acceptors (Lipinski definition) is 5. The van der Waals surface area contributed by atoms with Crippen LogP contribution in [0, 0.1) is 0 Å². The average Bonchev–Trinajstić information content (AvgIpc) is 3.31. The fourth-order valence-corrected chi connectivity index (χ4v) is 3.54. The second-order valence-electron chi connectivity index (χ2n) is 7.25. The normalized spacial score (nSPS) is 25.4. The van der Waals surface area contributed by atoms with E-state index in [1.807, 2.05) is 0 Å². The minimum atomic E-state index is 0.205. The van der Waals surface area contributed by atoms with Crippen LogP contribution in [0.1, 0.15) is 43.7 Å². The predicted octanol–water partition coefficient (Wildman–Crippen LogP) is 1.14. The van der Waals surface area contributed by atoms with Crippen molar-refractivity contribution in [2.45, 2.75) is 50.1 Å². The molecule has 2 saturated heterocycles. The first-order valence-electron chi connectivity index (χ1n) is 8.77. The molecule has 1 amide bonds. The molecule has 3 aliphatic rings. The molecule has 6 nitrogen and oxygen atoms in total. The number of nitrogens with zero attached hydrogens (tertiary/aromatic N) is 4. The highest BCUT2D eigenvalue weighted by Gasteiger charge is 2.33. The summed E-state index contributed by atoms with van der Waals surface area (Å²) in [5.41, 5.74) is 1.15. The second kappa shape index (κ2) is 6.07. The van der Waals surface area contributed by atoms with Gasteiger partial charge in [0, 0.05) is 44.1 Å². The molecule has 1 atom stereocenters. The zero-order chi connectivity index (χ0) is 15.8. The Balaban J connectivity index is 1.26. The number of carbonyl (C=O) groups excluding carboxylic acids is 1. The Kier molecular flexibility index (Phi) is 3.93. The van der Waals surface area contributed by atoms with Crippen molar-refractivity contribution in [2.75, 3.05) is 31.6 Å². The lowest BCUT2D eigenvalue weighted by atomic mass is 10.0. The fourth-order valence-electron chi connectivity index (χ4n) is 3.54. The Labute approximate surface area is 137 Å². The molecule has 3 fully saturated rings. The van der Waals surface area contributed by atoms with E-state index in [2.05, 4.69) is 44.5 Å². The first-order valence-corrected chi connectivity index (χ1v) is 8.77. The molecule has 1 aromatic rings. The van der Waals surface area contributed by atoms with E-state index in [0.717, 1.165) is 44.0 Å². The zero-order valence-corrected chi connectivity index (χ0v) is 13.7. The highest BCUT2D eigenvalue weighted by atomic mass is 16.1. The second-order valence-corrected chi connectivity index (χ2v) is 7.25. The third-order valence-corrected chi connectivity index (χ3v) is 5.31. The summed E-state index contributed by atoms with van der Waals surface area (Å²) in [7, 11) is 2.16. The Hall–Kier alpha value is -1.69. The number of anilines is 1. The number of aromatic nitrogens is 2. The summed E-state index contributed by atoms with van der Waals surface area (Å²) in [6.07, 6.45) is 5.34. The maximum absolute atomic E-state index is 11.5. The van der Waals surface area contributed by atoms with Crippen molar-refractivity contribution in [1.82, 2.24) is 20.4 Å². The van der Waals surface area contributed by atoms with Crippen LogP contribution < -0.4 is 10.2 Å². The molecule has 23 heavy (non-hydrogen) atoms. The monoisotopic (exact) mass is 315 g/mol. The van der Waals surface area contributed by atoms with Gasteiger partial charge in [0.15, 0.2) is 5.82 Å². The third-order valence-electron chi connectivity index (χ3n) is 5.31. The third kappa shape index (κ3) is 3.32. The van der Waals surface area contributed by atoms with Crippen LogP contribution in [0.2, 0.25) is 0 Å². The summed E-state index contributed by atoms with van der Waals surface area (Å²) in [4.78, 5) is 16.1. The summed E-state index contributed by atoms with van der Waals surface area (Å²) in [6, 6.07) is 5.10. The van der Waals surface area contributed by atoms with Gasteiger partial charge in [-0.3, -0.25) is 9.69 Å². The standard InChI is InChI=1S/C17H25N5O/c1-21(9-13-3-2-4-17(23)18-13)14-10-22(11-14)16-8-7-15(19-20-16)12-5-6-12/h7-8,12-14H,2-6,9-11H2,1H3,(H,18,23). The van der Waals surface area contributed by atoms with Crippen molar-refractivity contribution in [3.05, 3.63) is 17.8 Å². The van der Waals surface area contributed by atoms with E-state index in [-0.39, 0.29) is 5.91 Å². The topological polar surface area (TPSA) is 61.4 Å². The van der Waals surface area contributed by atoms with Crippen molar-refractivity contribution in [3.63, 3.8) is 0 Å². The van der Waals surface area contributed by atoms with Crippen LogP contribution in [0.5, 0.6) is 0 Å². The average molecular weight is 315 g/mol. The van der Waals surface area contributed by atoms with Gasteiger partial charge in [-0.15, -0.1) is 5.10 Å². The van der Waals surface area contributed by atoms with Crippen molar-refractivity contribution >= 4 is 11.7 Å². The van der Waals surface area contributed by atoms with Gasteiger partial charge in [0.05, 0.1) is 5.69 Å². The quantitative estimate of drug-likeness (QED) is 0.883. The summed E-state index contributed by atoms with van der Waals surface area (Å²) in [5.74, 6) is 1.86. The van der Waals surface area contributed by atoms with Gasteiger partial charge in [0.2, 0.25) is 5.91 Å². The van der Waals surface area contributed by atoms with Crippen LogP contribution >= 0.6 is 0 Å². The van der Waals surface area contributed by atoms with Crippen LogP contribution in [0.3, 0.4) is 0 Å². The van der Waals surface area contributed by atoms with Crippen LogP contribution in [-0.4, -0.2) is 59.8 Å². The summed E-state index contributed by atoms with van der Waals surface area (Å²) in [6.45, 7) is 2.93. The Bertz CT molecular complexity index is 565. The van der Waals surface area contributed by atoms with Gasteiger partial charge in [-0.25, -0.2) is 0 Å². The maximum atomic E-state index is 11.5. The van der Waals surface area contributed by atoms with Gasteiger partial charge in [0.1, 0.15) is 0 Å². The van der Waals surface area contributed by atoms with E-state index >= 15 is 0 Å². The minimum absolute atomic E-state index is 0.205. The highest BCUT2D eigenvalue weighted by Crippen LogP contribution is 2.38. The minimum Gasteiger partial charge on any atom is -0.352 e. The van der Waals surface area contributed by atoms with Crippen LogP contribution in [0.4, 0.5) is 5.82 Å². The lowest BCUT2D eigenvalue weighted by Gasteiger charge is -2.45. The Morgan fingerprint density at radius 1 is 1.26 bits per heavy atom. The summed E-state index contributed by atoms with van der Waals surface area (Å²) >= 11 is 0. The van der Waals surface area contributed by atoms with E-state index in [0.29, 0.717) is 24.4 Å². The Morgan fingerprint density at radius 2 is 2.09 bits per heavy atom. The molecule has 2 aliphatic heterocycles. The van der Waals surface area contributed by atoms with Gasteiger partial charge < -0.3 is 10.2 Å². The fraction of sp³-hybridized carbons (Fsp3) is 0.706. The van der Waals surface area contributed by atoms with Gasteiger partial charge >= 0.3 is 0 Å². The lowest BCUT2D eigenvalue weighted by Crippen LogP contribution is -2.61. The Morgan fingerprint density at radius 3 is 2.74 bits per heavy atom. The molecule has 6 heteroatoms. The van der Waals surface area contributed by atoms with Gasteiger partial charge in [0.25, 0.3) is 0 Å². The molecule has 4 rings (SSSR count). The largest absolute Gasteiger partial charge is 0.352 e. The van der Waals surface area contributed by atoms with Crippen LogP contribution in [0.15, 0.2) is 12.1 Å². The number of piperidine rings is 1. The molecule has 0 bridgehead atoms. The first kappa shape index (κ1) is 14.9. The van der Waals surface area contributed by atoms with Crippen LogP contribution in [0.25, 0.3) is 0 Å². The molecule has 0 spiro atoms.